The Labute approximate surface area is 127 Å². The van der Waals surface area contributed by atoms with Crippen LogP contribution in [0.1, 0.15) is 32.6 Å². The van der Waals surface area contributed by atoms with E-state index in [1.54, 1.807) is 6.07 Å². The van der Waals surface area contributed by atoms with Gasteiger partial charge in [0.25, 0.3) is 0 Å². The van der Waals surface area contributed by atoms with Gasteiger partial charge in [0.05, 0.1) is 16.2 Å². The quantitative estimate of drug-likeness (QED) is 0.867. The molecule has 1 aromatic rings. The Morgan fingerprint density at radius 3 is 3.00 bits per heavy atom. The van der Waals surface area contributed by atoms with Crippen molar-refractivity contribution >= 4 is 39.1 Å². The molecule has 0 aliphatic carbocycles. The predicted molar refractivity (Wildman–Crippen MR) is 82.7 cm³/mol. The van der Waals surface area contributed by atoms with Crippen LogP contribution in [0.4, 0.5) is 5.69 Å². The van der Waals surface area contributed by atoms with Crippen LogP contribution in [-0.4, -0.2) is 18.0 Å². The number of carbonyl (C=O) groups excluding carboxylic acids is 1. The molecule has 1 aliphatic rings. The molecule has 0 spiro atoms. The number of benzene rings is 1. The summed E-state index contributed by atoms with van der Waals surface area (Å²) in [4.78, 5) is 12.5. The fourth-order valence-corrected chi connectivity index (χ4v) is 3.11. The van der Waals surface area contributed by atoms with Crippen LogP contribution in [0.3, 0.4) is 0 Å². The van der Waals surface area contributed by atoms with Gasteiger partial charge in [-0.25, -0.2) is 0 Å². The van der Waals surface area contributed by atoms with Crippen molar-refractivity contribution in [2.75, 3.05) is 11.9 Å². The van der Waals surface area contributed by atoms with Crippen molar-refractivity contribution in [1.29, 1.82) is 0 Å². The summed E-state index contributed by atoms with van der Waals surface area (Å²) < 4.78 is 0.899. The van der Waals surface area contributed by atoms with Gasteiger partial charge in [-0.3, -0.25) is 4.79 Å². The Morgan fingerprint density at radius 1 is 1.58 bits per heavy atom. The zero-order valence-electron chi connectivity index (χ0n) is 10.9. The Bertz CT molecular complexity index is 473. The lowest BCUT2D eigenvalue weighted by Gasteiger charge is -2.28. The molecule has 5 heteroatoms. The summed E-state index contributed by atoms with van der Waals surface area (Å²) in [5, 5.41) is 6.87. The Kier molecular flexibility index (Phi) is 4.87. The Balaban J connectivity index is 2.17. The molecule has 1 amide bonds. The van der Waals surface area contributed by atoms with E-state index in [2.05, 4.69) is 33.5 Å². The SMILES string of the molecule is CCCC1(C(=O)Nc2cc(Br)ccc2Cl)CCCN1. The van der Waals surface area contributed by atoms with Gasteiger partial charge in [-0.2, -0.15) is 0 Å². The molecule has 1 heterocycles. The first-order valence-electron chi connectivity index (χ1n) is 6.59. The second kappa shape index (κ2) is 6.25. The standard InChI is InChI=1S/C14H18BrClN2O/c1-2-6-14(7-3-8-17-14)13(19)18-12-9-10(15)4-5-11(12)16/h4-5,9,17H,2-3,6-8H2,1H3,(H,18,19). The third kappa shape index (κ3) is 3.30. The van der Waals surface area contributed by atoms with E-state index in [1.807, 2.05) is 12.1 Å². The van der Waals surface area contributed by atoms with Crippen molar-refractivity contribution in [3.63, 3.8) is 0 Å². The van der Waals surface area contributed by atoms with Crippen molar-refractivity contribution in [3.05, 3.63) is 27.7 Å². The van der Waals surface area contributed by atoms with Crippen LogP contribution in [0.25, 0.3) is 0 Å². The molecule has 0 aromatic heterocycles. The van der Waals surface area contributed by atoms with Crippen molar-refractivity contribution in [1.82, 2.24) is 5.32 Å². The van der Waals surface area contributed by atoms with Gasteiger partial charge in [-0.1, -0.05) is 40.9 Å². The number of hydrogen-bond donors (Lipinski definition) is 2. The largest absolute Gasteiger partial charge is 0.323 e. The van der Waals surface area contributed by atoms with Crippen LogP contribution in [0.2, 0.25) is 5.02 Å². The number of amides is 1. The van der Waals surface area contributed by atoms with Gasteiger partial charge in [0.2, 0.25) is 5.91 Å². The molecule has 1 unspecified atom stereocenters. The lowest BCUT2D eigenvalue weighted by Crippen LogP contribution is -2.50. The Hall–Kier alpha value is -0.580. The highest BCUT2D eigenvalue weighted by Crippen LogP contribution is 2.30. The van der Waals surface area contributed by atoms with Crippen molar-refractivity contribution in [3.8, 4) is 0 Å². The summed E-state index contributed by atoms with van der Waals surface area (Å²) in [6.45, 7) is 3.00. The number of halogens is 2. The lowest BCUT2D eigenvalue weighted by atomic mass is 9.91. The van der Waals surface area contributed by atoms with Gasteiger partial charge in [-0.05, 0) is 44.0 Å². The topological polar surface area (TPSA) is 41.1 Å². The number of carbonyl (C=O) groups is 1. The molecule has 1 aliphatic heterocycles. The van der Waals surface area contributed by atoms with E-state index in [4.69, 9.17) is 11.6 Å². The average molecular weight is 346 g/mol. The van der Waals surface area contributed by atoms with Gasteiger partial charge in [-0.15, -0.1) is 0 Å². The molecule has 19 heavy (non-hydrogen) atoms. The first-order chi connectivity index (χ1) is 9.07. The molecule has 0 radical (unpaired) electrons. The molecule has 1 aromatic carbocycles. The van der Waals surface area contributed by atoms with Crippen LogP contribution in [-0.2, 0) is 4.79 Å². The van der Waals surface area contributed by atoms with Crippen molar-refractivity contribution in [2.45, 2.75) is 38.1 Å². The van der Waals surface area contributed by atoms with E-state index in [0.717, 1.165) is 36.7 Å². The molecular weight excluding hydrogens is 328 g/mol. The summed E-state index contributed by atoms with van der Waals surface area (Å²) in [6.07, 6.45) is 3.76. The molecular formula is C14H18BrClN2O. The molecule has 104 valence electrons. The highest BCUT2D eigenvalue weighted by Gasteiger charge is 2.40. The van der Waals surface area contributed by atoms with Crippen LogP contribution >= 0.6 is 27.5 Å². The third-order valence-electron chi connectivity index (χ3n) is 3.53. The second-order valence-corrected chi connectivity index (χ2v) is 6.26. The van der Waals surface area contributed by atoms with E-state index < -0.39 is 5.54 Å². The molecule has 3 nitrogen and oxygen atoms in total. The number of nitrogens with one attached hydrogen (secondary N) is 2. The maximum atomic E-state index is 12.5. The fourth-order valence-electron chi connectivity index (χ4n) is 2.59. The van der Waals surface area contributed by atoms with E-state index in [0.29, 0.717) is 10.7 Å². The maximum absolute atomic E-state index is 12.5. The van der Waals surface area contributed by atoms with Gasteiger partial charge < -0.3 is 10.6 Å². The average Bonchev–Trinajstić information content (AvgIpc) is 2.84. The molecule has 0 bridgehead atoms. The summed E-state index contributed by atoms with van der Waals surface area (Å²) in [5.41, 5.74) is 0.227. The minimum Gasteiger partial charge on any atom is -0.323 e. The minimum atomic E-state index is -0.430. The molecule has 1 saturated heterocycles. The molecule has 0 saturated carbocycles. The van der Waals surface area contributed by atoms with Crippen molar-refractivity contribution in [2.24, 2.45) is 0 Å². The normalized spacial score (nSPS) is 22.5. The third-order valence-corrected chi connectivity index (χ3v) is 4.35. The summed E-state index contributed by atoms with van der Waals surface area (Å²) >= 11 is 9.50. The summed E-state index contributed by atoms with van der Waals surface area (Å²) in [7, 11) is 0. The second-order valence-electron chi connectivity index (χ2n) is 4.94. The van der Waals surface area contributed by atoms with E-state index in [-0.39, 0.29) is 5.91 Å². The highest BCUT2D eigenvalue weighted by atomic mass is 79.9. The summed E-state index contributed by atoms with van der Waals surface area (Å²) in [5.74, 6) is 0.0202. The summed E-state index contributed by atoms with van der Waals surface area (Å²) in [6, 6.07) is 5.46. The van der Waals surface area contributed by atoms with Crippen molar-refractivity contribution < 1.29 is 4.79 Å². The van der Waals surface area contributed by atoms with Crippen LogP contribution < -0.4 is 10.6 Å². The minimum absolute atomic E-state index is 0.0202. The molecule has 2 rings (SSSR count). The smallest absolute Gasteiger partial charge is 0.244 e. The van der Waals surface area contributed by atoms with Crippen LogP contribution in [0.5, 0.6) is 0 Å². The zero-order chi connectivity index (χ0) is 13.9. The monoisotopic (exact) mass is 344 g/mol. The van der Waals surface area contributed by atoms with Gasteiger partial charge in [0.15, 0.2) is 0 Å². The van der Waals surface area contributed by atoms with E-state index in [9.17, 15) is 4.79 Å². The van der Waals surface area contributed by atoms with Gasteiger partial charge in [0, 0.05) is 4.47 Å². The maximum Gasteiger partial charge on any atom is 0.244 e. The fraction of sp³-hybridized carbons (Fsp3) is 0.500. The van der Waals surface area contributed by atoms with Crippen LogP contribution in [0.15, 0.2) is 22.7 Å². The molecule has 1 fully saturated rings. The highest BCUT2D eigenvalue weighted by molar-refractivity contribution is 9.10. The number of anilines is 1. The van der Waals surface area contributed by atoms with E-state index >= 15 is 0 Å². The predicted octanol–water partition coefficient (Wildman–Crippen LogP) is 3.96. The first kappa shape index (κ1) is 14.8. The van der Waals surface area contributed by atoms with Crippen LogP contribution in [0, 0.1) is 0 Å². The van der Waals surface area contributed by atoms with E-state index in [1.165, 1.54) is 0 Å². The number of hydrogen-bond acceptors (Lipinski definition) is 2. The first-order valence-corrected chi connectivity index (χ1v) is 7.76. The lowest BCUT2D eigenvalue weighted by molar-refractivity contribution is -0.122. The number of rotatable bonds is 4. The Morgan fingerprint density at radius 2 is 2.37 bits per heavy atom. The molecule has 2 N–H and O–H groups in total. The van der Waals surface area contributed by atoms with Gasteiger partial charge >= 0.3 is 0 Å². The zero-order valence-corrected chi connectivity index (χ0v) is 13.3. The molecule has 1 atom stereocenters. The van der Waals surface area contributed by atoms with Gasteiger partial charge in [0.1, 0.15) is 0 Å².